The van der Waals surface area contributed by atoms with Gasteiger partial charge in [0.15, 0.2) is 0 Å². The lowest BCUT2D eigenvalue weighted by molar-refractivity contribution is -0.00905. The van der Waals surface area contributed by atoms with Crippen LogP contribution in [0.15, 0.2) is 17.0 Å². The number of morpholine rings is 1. The zero-order valence-electron chi connectivity index (χ0n) is 9.68. The van der Waals surface area contributed by atoms with Crippen molar-refractivity contribution in [1.82, 2.24) is 9.97 Å². The number of fused-ring (bicyclic) bond motifs is 1. The van der Waals surface area contributed by atoms with Gasteiger partial charge in [-0.1, -0.05) is 12.8 Å². The summed E-state index contributed by atoms with van der Waals surface area (Å²) in [5.74, 6) is 1.01. The van der Waals surface area contributed by atoms with E-state index in [1.54, 1.807) is 6.33 Å². The van der Waals surface area contributed by atoms with Crippen molar-refractivity contribution in [3.8, 4) is 0 Å². The van der Waals surface area contributed by atoms with Crippen LogP contribution in [0.1, 0.15) is 25.7 Å². The highest BCUT2D eigenvalue weighted by Crippen LogP contribution is 2.33. The van der Waals surface area contributed by atoms with Crippen molar-refractivity contribution >= 4 is 21.7 Å². The third-order valence-corrected chi connectivity index (χ3v) is 4.21. The van der Waals surface area contributed by atoms with Crippen LogP contribution < -0.4 is 4.90 Å². The Bertz CT molecular complexity index is 399. The Labute approximate surface area is 110 Å². The fraction of sp³-hybridized carbons (Fsp3) is 0.667. The van der Waals surface area contributed by atoms with E-state index in [0.29, 0.717) is 12.1 Å². The number of halogens is 1. The number of anilines is 1. The van der Waals surface area contributed by atoms with Crippen LogP contribution in [0.2, 0.25) is 0 Å². The summed E-state index contributed by atoms with van der Waals surface area (Å²) in [6, 6.07) is 0.490. The lowest BCUT2D eigenvalue weighted by Gasteiger charge is -2.44. The molecule has 4 nitrogen and oxygen atoms in total. The summed E-state index contributed by atoms with van der Waals surface area (Å²) >= 11 is 3.54. The molecule has 0 bridgehead atoms. The van der Waals surface area contributed by atoms with E-state index >= 15 is 0 Å². The maximum atomic E-state index is 5.87. The van der Waals surface area contributed by atoms with Gasteiger partial charge in [0.2, 0.25) is 0 Å². The van der Waals surface area contributed by atoms with Gasteiger partial charge in [0.25, 0.3) is 0 Å². The standard InChI is InChI=1S/C12H16BrN3O/c13-9-7-14-8-15-12(9)16-5-6-17-11-4-2-1-3-10(11)16/h7-8,10-11H,1-6H2. The quantitative estimate of drug-likeness (QED) is 0.798. The number of nitrogens with zero attached hydrogens (tertiary/aromatic N) is 3. The smallest absolute Gasteiger partial charge is 0.146 e. The Balaban J connectivity index is 1.88. The van der Waals surface area contributed by atoms with Gasteiger partial charge in [-0.3, -0.25) is 0 Å². The minimum absolute atomic E-state index is 0.388. The summed E-state index contributed by atoms with van der Waals surface area (Å²) in [7, 11) is 0. The predicted octanol–water partition coefficient (Wildman–Crippen LogP) is 2.39. The molecular formula is C12H16BrN3O. The molecule has 17 heavy (non-hydrogen) atoms. The van der Waals surface area contributed by atoms with Gasteiger partial charge in [0, 0.05) is 12.7 Å². The lowest BCUT2D eigenvalue weighted by atomic mass is 9.90. The predicted molar refractivity (Wildman–Crippen MR) is 69.1 cm³/mol. The highest BCUT2D eigenvalue weighted by atomic mass is 79.9. The summed E-state index contributed by atoms with van der Waals surface area (Å²) in [5.41, 5.74) is 0. The van der Waals surface area contributed by atoms with E-state index in [4.69, 9.17) is 4.74 Å². The molecule has 1 saturated heterocycles. The van der Waals surface area contributed by atoms with Gasteiger partial charge in [-0.05, 0) is 28.8 Å². The minimum Gasteiger partial charge on any atom is -0.374 e. The van der Waals surface area contributed by atoms with Crippen molar-refractivity contribution in [2.45, 2.75) is 37.8 Å². The number of ether oxygens (including phenoxy) is 1. The first-order valence-corrected chi connectivity index (χ1v) is 6.99. The lowest BCUT2D eigenvalue weighted by Crippen LogP contribution is -2.53. The third-order valence-electron chi connectivity index (χ3n) is 3.65. The van der Waals surface area contributed by atoms with Crippen LogP contribution in [-0.2, 0) is 4.74 Å². The first kappa shape index (κ1) is 11.4. The van der Waals surface area contributed by atoms with Crippen LogP contribution in [-0.4, -0.2) is 35.3 Å². The van der Waals surface area contributed by atoms with Crippen LogP contribution in [0.5, 0.6) is 0 Å². The van der Waals surface area contributed by atoms with E-state index in [1.165, 1.54) is 25.7 Å². The van der Waals surface area contributed by atoms with Gasteiger partial charge >= 0.3 is 0 Å². The van der Waals surface area contributed by atoms with E-state index < -0.39 is 0 Å². The SMILES string of the molecule is Brc1cncnc1N1CCOC2CCCCC21. The molecule has 2 atom stereocenters. The van der Waals surface area contributed by atoms with Crippen LogP contribution in [0.4, 0.5) is 5.82 Å². The molecule has 1 aliphatic heterocycles. The second-order valence-electron chi connectivity index (χ2n) is 4.65. The Morgan fingerprint density at radius 1 is 1.35 bits per heavy atom. The summed E-state index contributed by atoms with van der Waals surface area (Å²) in [6.07, 6.45) is 8.80. The molecule has 2 unspecified atom stereocenters. The highest BCUT2D eigenvalue weighted by molar-refractivity contribution is 9.10. The first-order chi connectivity index (χ1) is 8.36. The Morgan fingerprint density at radius 3 is 3.12 bits per heavy atom. The molecule has 3 rings (SSSR count). The highest BCUT2D eigenvalue weighted by Gasteiger charge is 2.35. The molecule has 92 valence electrons. The van der Waals surface area contributed by atoms with Crippen molar-refractivity contribution < 1.29 is 4.74 Å². The molecule has 0 aromatic carbocycles. The van der Waals surface area contributed by atoms with Gasteiger partial charge in [0.1, 0.15) is 12.1 Å². The minimum atomic E-state index is 0.388. The summed E-state index contributed by atoms with van der Waals surface area (Å²) in [6.45, 7) is 1.73. The zero-order valence-corrected chi connectivity index (χ0v) is 11.3. The molecule has 0 radical (unpaired) electrons. The monoisotopic (exact) mass is 297 g/mol. The second-order valence-corrected chi connectivity index (χ2v) is 5.50. The van der Waals surface area contributed by atoms with E-state index in [0.717, 1.165) is 23.4 Å². The average Bonchev–Trinajstić information content (AvgIpc) is 2.39. The van der Waals surface area contributed by atoms with E-state index in [1.807, 2.05) is 6.20 Å². The first-order valence-electron chi connectivity index (χ1n) is 6.20. The summed E-state index contributed by atoms with van der Waals surface area (Å²) in [4.78, 5) is 10.8. The van der Waals surface area contributed by atoms with E-state index in [9.17, 15) is 0 Å². The maximum Gasteiger partial charge on any atom is 0.146 e. The molecule has 1 aliphatic carbocycles. The van der Waals surface area contributed by atoms with Gasteiger partial charge in [-0.25, -0.2) is 9.97 Å². The topological polar surface area (TPSA) is 38.2 Å². The van der Waals surface area contributed by atoms with E-state index in [-0.39, 0.29) is 0 Å². The molecule has 1 saturated carbocycles. The molecule has 0 N–H and O–H groups in total. The molecule has 5 heteroatoms. The number of rotatable bonds is 1. The molecule has 2 fully saturated rings. The van der Waals surface area contributed by atoms with Gasteiger partial charge < -0.3 is 9.64 Å². The van der Waals surface area contributed by atoms with E-state index in [2.05, 4.69) is 30.8 Å². The fourth-order valence-electron chi connectivity index (χ4n) is 2.88. The molecule has 1 aromatic rings. The average molecular weight is 298 g/mol. The molecule has 2 heterocycles. The summed E-state index contributed by atoms with van der Waals surface area (Å²) in [5, 5.41) is 0. The molecule has 2 aliphatic rings. The maximum absolute atomic E-state index is 5.87. The van der Waals surface area contributed by atoms with Crippen molar-refractivity contribution in [3.05, 3.63) is 17.0 Å². The molecule has 0 amide bonds. The second kappa shape index (κ2) is 4.90. The number of aromatic nitrogens is 2. The molecular weight excluding hydrogens is 282 g/mol. The van der Waals surface area contributed by atoms with Crippen molar-refractivity contribution in [1.29, 1.82) is 0 Å². The van der Waals surface area contributed by atoms with Crippen LogP contribution in [0.3, 0.4) is 0 Å². The van der Waals surface area contributed by atoms with Gasteiger partial charge in [0.05, 0.1) is 23.2 Å². The molecule has 1 aromatic heterocycles. The van der Waals surface area contributed by atoms with Crippen LogP contribution >= 0.6 is 15.9 Å². The summed E-state index contributed by atoms with van der Waals surface area (Å²) < 4.78 is 6.85. The van der Waals surface area contributed by atoms with Crippen molar-refractivity contribution in [2.75, 3.05) is 18.1 Å². The van der Waals surface area contributed by atoms with Gasteiger partial charge in [-0.15, -0.1) is 0 Å². The molecule has 0 spiro atoms. The fourth-order valence-corrected chi connectivity index (χ4v) is 3.33. The largest absolute Gasteiger partial charge is 0.374 e. The Hall–Kier alpha value is -0.680. The van der Waals surface area contributed by atoms with Crippen molar-refractivity contribution in [2.24, 2.45) is 0 Å². The van der Waals surface area contributed by atoms with Gasteiger partial charge in [-0.2, -0.15) is 0 Å². The van der Waals surface area contributed by atoms with Crippen molar-refractivity contribution in [3.63, 3.8) is 0 Å². The number of hydrogen-bond acceptors (Lipinski definition) is 4. The number of hydrogen-bond donors (Lipinski definition) is 0. The van der Waals surface area contributed by atoms with Crippen LogP contribution in [0.25, 0.3) is 0 Å². The van der Waals surface area contributed by atoms with Crippen LogP contribution in [0, 0.1) is 0 Å². The Kier molecular flexibility index (Phi) is 3.29. The Morgan fingerprint density at radius 2 is 2.24 bits per heavy atom. The normalized spacial score (nSPS) is 28.9. The third kappa shape index (κ3) is 2.18. The zero-order chi connectivity index (χ0) is 11.7.